The first-order valence-corrected chi connectivity index (χ1v) is 8.10. The number of aryl methyl sites for hydroxylation is 2. The highest BCUT2D eigenvalue weighted by atomic mass is 16.3. The van der Waals surface area contributed by atoms with Crippen LogP contribution in [0.25, 0.3) is 22.6 Å². The molecule has 130 valence electrons. The van der Waals surface area contributed by atoms with E-state index < -0.39 is 0 Å². The Hall–Kier alpha value is -3.61. The first kappa shape index (κ1) is 15.9. The van der Waals surface area contributed by atoms with E-state index >= 15 is 0 Å². The second kappa shape index (κ2) is 6.36. The molecule has 0 atom stereocenters. The number of anilines is 1. The molecule has 0 fully saturated rings. The van der Waals surface area contributed by atoms with Crippen LogP contribution < -0.4 is 5.32 Å². The summed E-state index contributed by atoms with van der Waals surface area (Å²) in [5.74, 6) is 0.575. The van der Waals surface area contributed by atoms with Gasteiger partial charge in [-0.3, -0.25) is 9.48 Å². The summed E-state index contributed by atoms with van der Waals surface area (Å²) in [6.07, 6.45) is 6.60. The molecule has 26 heavy (non-hydrogen) atoms. The maximum Gasteiger partial charge on any atom is 0.259 e. The second-order valence-corrected chi connectivity index (χ2v) is 6.02. The molecule has 7 heteroatoms. The first-order valence-electron chi connectivity index (χ1n) is 8.10. The molecule has 4 rings (SSSR count). The molecule has 0 aliphatic heterocycles. The molecule has 0 aliphatic carbocycles. The number of imidazole rings is 1. The van der Waals surface area contributed by atoms with E-state index in [1.807, 2.05) is 31.2 Å². The summed E-state index contributed by atoms with van der Waals surface area (Å²) in [4.78, 5) is 20.2. The van der Waals surface area contributed by atoms with Crippen molar-refractivity contribution in [1.82, 2.24) is 19.7 Å². The molecule has 0 radical (unpaired) electrons. The summed E-state index contributed by atoms with van der Waals surface area (Å²) < 4.78 is 6.71. The van der Waals surface area contributed by atoms with Crippen LogP contribution in [0.4, 0.5) is 5.69 Å². The Balaban J connectivity index is 1.56. The third-order valence-corrected chi connectivity index (χ3v) is 3.99. The highest BCUT2D eigenvalue weighted by Gasteiger charge is 2.18. The van der Waals surface area contributed by atoms with Crippen molar-refractivity contribution in [2.75, 3.05) is 5.32 Å². The topological polar surface area (TPSA) is 88.7 Å². The van der Waals surface area contributed by atoms with Crippen molar-refractivity contribution in [3.05, 3.63) is 66.5 Å². The van der Waals surface area contributed by atoms with Crippen LogP contribution in [0.2, 0.25) is 0 Å². The summed E-state index contributed by atoms with van der Waals surface area (Å²) in [6.45, 7) is 1.95. The normalized spacial score (nSPS) is 10.8. The largest absolute Gasteiger partial charge is 0.472 e. The van der Waals surface area contributed by atoms with Crippen LogP contribution in [0, 0.1) is 6.92 Å². The lowest BCUT2D eigenvalue weighted by molar-refractivity contribution is 0.102. The van der Waals surface area contributed by atoms with E-state index in [1.165, 1.54) is 0 Å². The molecule has 3 aromatic heterocycles. The monoisotopic (exact) mass is 347 g/mol. The fourth-order valence-electron chi connectivity index (χ4n) is 2.74. The quantitative estimate of drug-likeness (QED) is 0.590. The SMILES string of the molecule is Cc1cnc(-c2ccc(NC(=O)c3cn(C)nc3-c3ccoc3)cc2)[nH]1. The summed E-state index contributed by atoms with van der Waals surface area (Å²) in [7, 11) is 1.78. The van der Waals surface area contributed by atoms with E-state index in [9.17, 15) is 4.79 Å². The number of hydrogen-bond acceptors (Lipinski definition) is 4. The summed E-state index contributed by atoms with van der Waals surface area (Å²) in [6, 6.07) is 9.29. The third kappa shape index (κ3) is 3.02. The number of benzene rings is 1. The molecule has 1 aromatic carbocycles. The third-order valence-electron chi connectivity index (χ3n) is 3.99. The van der Waals surface area contributed by atoms with Crippen LogP contribution in [-0.2, 0) is 7.05 Å². The van der Waals surface area contributed by atoms with Gasteiger partial charge in [0.15, 0.2) is 0 Å². The van der Waals surface area contributed by atoms with Gasteiger partial charge in [0, 0.05) is 41.9 Å². The lowest BCUT2D eigenvalue weighted by atomic mass is 10.1. The van der Waals surface area contributed by atoms with Gasteiger partial charge in [-0.05, 0) is 37.3 Å². The molecular weight excluding hydrogens is 330 g/mol. The standard InChI is InChI=1S/C19H17N5O2/c1-12-9-20-18(21-12)13-3-5-15(6-4-13)22-19(25)16-10-24(2)23-17(16)14-7-8-26-11-14/h3-11H,1-2H3,(H,20,21)(H,22,25). The van der Waals surface area contributed by atoms with Crippen LogP contribution in [0.5, 0.6) is 0 Å². The Labute approximate surface area is 149 Å². The highest BCUT2D eigenvalue weighted by molar-refractivity contribution is 6.08. The molecule has 0 aliphatic rings. The van der Waals surface area contributed by atoms with Crippen LogP contribution >= 0.6 is 0 Å². The Kier molecular flexibility index (Phi) is 3.89. The van der Waals surface area contributed by atoms with Gasteiger partial charge >= 0.3 is 0 Å². The minimum absolute atomic E-state index is 0.226. The molecule has 3 heterocycles. The maximum absolute atomic E-state index is 12.7. The highest BCUT2D eigenvalue weighted by Crippen LogP contribution is 2.24. The molecule has 0 saturated carbocycles. The van der Waals surface area contributed by atoms with Gasteiger partial charge in [-0.2, -0.15) is 5.10 Å². The summed E-state index contributed by atoms with van der Waals surface area (Å²) in [5.41, 5.74) is 4.49. The predicted molar refractivity (Wildman–Crippen MR) is 97.6 cm³/mol. The maximum atomic E-state index is 12.7. The van der Waals surface area contributed by atoms with Crippen molar-refractivity contribution < 1.29 is 9.21 Å². The molecular formula is C19H17N5O2. The first-order chi connectivity index (χ1) is 12.6. The number of carbonyl (C=O) groups excluding carboxylic acids is 1. The van der Waals surface area contributed by atoms with Crippen molar-refractivity contribution in [1.29, 1.82) is 0 Å². The molecule has 1 amide bonds. The Morgan fingerprint density at radius 1 is 1.19 bits per heavy atom. The Morgan fingerprint density at radius 2 is 2.00 bits per heavy atom. The number of carbonyl (C=O) groups is 1. The number of H-pyrrole nitrogens is 1. The van der Waals surface area contributed by atoms with Crippen molar-refractivity contribution in [2.45, 2.75) is 6.92 Å². The van der Waals surface area contributed by atoms with Gasteiger partial charge in [0.1, 0.15) is 11.5 Å². The number of aromatic amines is 1. The molecule has 0 saturated heterocycles. The summed E-state index contributed by atoms with van der Waals surface area (Å²) in [5, 5.41) is 7.26. The number of hydrogen-bond donors (Lipinski definition) is 2. The van der Waals surface area contributed by atoms with Gasteiger partial charge in [-0.15, -0.1) is 0 Å². The number of aromatic nitrogens is 4. The number of amides is 1. The zero-order chi connectivity index (χ0) is 18.1. The lowest BCUT2D eigenvalue weighted by Gasteiger charge is -2.06. The number of furan rings is 1. The van der Waals surface area contributed by atoms with E-state index in [0.29, 0.717) is 16.9 Å². The van der Waals surface area contributed by atoms with Crippen molar-refractivity contribution in [2.24, 2.45) is 7.05 Å². The number of nitrogens with zero attached hydrogens (tertiary/aromatic N) is 3. The van der Waals surface area contributed by atoms with Gasteiger partial charge in [0.05, 0.1) is 18.1 Å². The molecule has 4 aromatic rings. The molecule has 2 N–H and O–H groups in total. The van der Waals surface area contributed by atoms with Crippen molar-refractivity contribution >= 4 is 11.6 Å². The average molecular weight is 347 g/mol. The second-order valence-electron chi connectivity index (χ2n) is 6.02. The number of nitrogens with one attached hydrogen (secondary N) is 2. The van der Waals surface area contributed by atoms with Gasteiger partial charge in [-0.25, -0.2) is 4.98 Å². The van der Waals surface area contributed by atoms with E-state index in [4.69, 9.17) is 4.42 Å². The molecule has 0 spiro atoms. The molecule has 0 unspecified atom stereocenters. The smallest absolute Gasteiger partial charge is 0.259 e. The van der Waals surface area contributed by atoms with Crippen molar-refractivity contribution in [3.8, 4) is 22.6 Å². The van der Waals surface area contributed by atoms with Crippen LogP contribution in [-0.4, -0.2) is 25.7 Å². The molecule has 7 nitrogen and oxygen atoms in total. The van der Waals surface area contributed by atoms with E-state index in [-0.39, 0.29) is 5.91 Å². The van der Waals surface area contributed by atoms with Gasteiger partial charge < -0.3 is 14.7 Å². The Morgan fingerprint density at radius 3 is 2.65 bits per heavy atom. The van der Waals surface area contributed by atoms with Gasteiger partial charge in [0.2, 0.25) is 0 Å². The Bertz CT molecular complexity index is 1040. The minimum atomic E-state index is -0.226. The number of rotatable bonds is 4. The fraction of sp³-hybridized carbons (Fsp3) is 0.105. The zero-order valence-corrected chi connectivity index (χ0v) is 14.4. The van der Waals surface area contributed by atoms with Crippen molar-refractivity contribution in [3.63, 3.8) is 0 Å². The minimum Gasteiger partial charge on any atom is -0.472 e. The zero-order valence-electron chi connectivity index (χ0n) is 14.4. The van der Waals surface area contributed by atoms with Crippen LogP contribution in [0.1, 0.15) is 16.1 Å². The van der Waals surface area contributed by atoms with Crippen LogP contribution in [0.15, 0.2) is 59.7 Å². The van der Waals surface area contributed by atoms with E-state index in [2.05, 4.69) is 20.4 Å². The average Bonchev–Trinajstić information content (AvgIpc) is 3.36. The predicted octanol–water partition coefficient (Wildman–Crippen LogP) is 3.63. The van der Waals surface area contributed by atoms with Gasteiger partial charge in [-0.1, -0.05) is 0 Å². The fourth-order valence-corrected chi connectivity index (χ4v) is 2.74. The van der Waals surface area contributed by atoms with E-state index in [1.54, 1.807) is 42.7 Å². The van der Waals surface area contributed by atoms with E-state index in [0.717, 1.165) is 22.6 Å². The van der Waals surface area contributed by atoms with Gasteiger partial charge in [0.25, 0.3) is 5.91 Å². The van der Waals surface area contributed by atoms with Crippen LogP contribution in [0.3, 0.4) is 0 Å². The lowest BCUT2D eigenvalue weighted by Crippen LogP contribution is -2.12. The molecule has 0 bridgehead atoms. The summed E-state index contributed by atoms with van der Waals surface area (Å²) >= 11 is 0.